The van der Waals surface area contributed by atoms with Crippen LogP contribution in [0.25, 0.3) is 0 Å². The van der Waals surface area contributed by atoms with E-state index in [1.807, 2.05) is 0 Å². The molecule has 1 N–H and O–H groups in total. The highest BCUT2D eigenvalue weighted by atomic mass is 35.5. The van der Waals surface area contributed by atoms with Gasteiger partial charge in [0.1, 0.15) is 16.0 Å². The van der Waals surface area contributed by atoms with Crippen molar-refractivity contribution in [1.29, 1.82) is 0 Å². The topological polar surface area (TPSA) is 46.2 Å². The van der Waals surface area contributed by atoms with Gasteiger partial charge in [0, 0.05) is 12.1 Å². The van der Waals surface area contributed by atoms with Crippen LogP contribution in [0, 0.1) is 0 Å². The molecule has 0 aromatic carbocycles. The van der Waals surface area contributed by atoms with E-state index in [4.69, 9.17) is 0 Å². The number of nitrogens with one attached hydrogen (secondary N) is 1. The lowest BCUT2D eigenvalue weighted by molar-refractivity contribution is 0.298. The Morgan fingerprint density at radius 1 is 1.29 bits per heavy atom. The average Bonchev–Trinajstić information content (AvgIpc) is 2.41. The van der Waals surface area contributed by atoms with Crippen molar-refractivity contribution in [2.45, 2.75) is 31.0 Å². The summed E-state index contributed by atoms with van der Waals surface area (Å²) in [5, 5.41) is 3.12. The van der Waals surface area contributed by atoms with Crippen LogP contribution in [-0.4, -0.2) is 38.2 Å². The van der Waals surface area contributed by atoms with Crippen molar-refractivity contribution in [1.82, 2.24) is 5.32 Å². The number of sulfone groups is 1. The Labute approximate surface area is 89.8 Å². The number of halogens is 2. The third-order valence-corrected chi connectivity index (χ3v) is 4.75. The summed E-state index contributed by atoms with van der Waals surface area (Å²) in [5.74, 6) is 0.430. The van der Waals surface area contributed by atoms with Gasteiger partial charge in [-0.2, -0.15) is 0 Å². The molecule has 1 spiro atoms. The van der Waals surface area contributed by atoms with Crippen molar-refractivity contribution in [2.24, 2.45) is 0 Å². The smallest absolute Gasteiger partial charge is 0.150 e. The van der Waals surface area contributed by atoms with Crippen LogP contribution in [0.2, 0.25) is 0 Å². The molecule has 0 aromatic rings. The molecule has 2 aliphatic heterocycles. The Bertz CT molecular complexity index is 292. The molecule has 1 atom stereocenters. The van der Waals surface area contributed by atoms with Crippen molar-refractivity contribution in [3.63, 3.8) is 0 Å². The average molecular weight is 244 g/mol. The van der Waals surface area contributed by atoms with Crippen LogP contribution in [0.5, 0.6) is 0 Å². The first kappa shape index (κ1) is 12.2. The lowest BCUT2D eigenvalue weighted by atomic mass is 9.90. The van der Waals surface area contributed by atoms with E-state index in [-0.39, 0.29) is 29.5 Å². The van der Waals surface area contributed by atoms with Gasteiger partial charge in [0.2, 0.25) is 0 Å². The van der Waals surface area contributed by atoms with Gasteiger partial charge >= 0.3 is 0 Å². The second kappa shape index (κ2) is 3.94. The number of hydrogen-bond donors (Lipinski definition) is 1. The Morgan fingerprint density at radius 2 is 1.86 bits per heavy atom. The summed E-state index contributed by atoms with van der Waals surface area (Å²) >= 11 is 0. The fourth-order valence-electron chi connectivity index (χ4n) is 2.21. The van der Waals surface area contributed by atoms with Gasteiger partial charge in [-0.1, -0.05) is 0 Å². The van der Waals surface area contributed by atoms with Gasteiger partial charge in [-0.25, -0.2) is 12.8 Å². The lowest BCUT2D eigenvalue weighted by Crippen LogP contribution is -2.46. The molecule has 3 nitrogen and oxygen atoms in total. The summed E-state index contributed by atoms with van der Waals surface area (Å²) in [4.78, 5) is 0. The molecular formula is C8H15ClFNO2S. The largest absolute Gasteiger partial charge is 0.308 e. The van der Waals surface area contributed by atoms with Crippen molar-refractivity contribution in [3.05, 3.63) is 0 Å². The van der Waals surface area contributed by atoms with Crippen LogP contribution in [-0.2, 0) is 9.84 Å². The highest BCUT2D eigenvalue weighted by molar-refractivity contribution is 7.91. The third kappa shape index (κ3) is 2.38. The van der Waals surface area contributed by atoms with E-state index >= 15 is 0 Å². The quantitative estimate of drug-likeness (QED) is 0.681. The van der Waals surface area contributed by atoms with Crippen molar-refractivity contribution < 1.29 is 12.8 Å². The molecule has 1 unspecified atom stereocenters. The van der Waals surface area contributed by atoms with Crippen molar-refractivity contribution >= 4 is 22.2 Å². The van der Waals surface area contributed by atoms with Crippen LogP contribution in [0.15, 0.2) is 0 Å². The second-order valence-corrected chi connectivity index (χ2v) is 6.42. The SMILES string of the molecule is Cl.O=S1(=O)CCC2(CC1)CC(F)CN2. The minimum Gasteiger partial charge on any atom is -0.308 e. The summed E-state index contributed by atoms with van der Waals surface area (Å²) in [6.45, 7) is 0.389. The molecule has 0 amide bonds. The molecule has 0 saturated carbocycles. The molecule has 0 aliphatic carbocycles. The molecule has 2 aliphatic rings. The highest BCUT2D eigenvalue weighted by Gasteiger charge is 2.42. The van der Waals surface area contributed by atoms with Gasteiger partial charge < -0.3 is 5.32 Å². The zero-order valence-electron chi connectivity index (χ0n) is 7.83. The molecule has 2 fully saturated rings. The lowest BCUT2D eigenvalue weighted by Gasteiger charge is -2.33. The van der Waals surface area contributed by atoms with E-state index in [0.717, 1.165) is 0 Å². The molecule has 6 heteroatoms. The van der Waals surface area contributed by atoms with Gasteiger partial charge in [0.05, 0.1) is 11.5 Å². The fraction of sp³-hybridized carbons (Fsp3) is 1.00. The summed E-state index contributed by atoms with van der Waals surface area (Å²) in [6.07, 6.45) is 0.856. The Morgan fingerprint density at radius 3 is 2.29 bits per heavy atom. The van der Waals surface area contributed by atoms with Crippen LogP contribution >= 0.6 is 12.4 Å². The first-order valence-electron chi connectivity index (χ1n) is 4.61. The van der Waals surface area contributed by atoms with E-state index in [9.17, 15) is 12.8 Å². The second-order valence-electron chi connectivity index (χ2n) is 4.11. The molecule has 2 heterocycles. The molecule has 2 rings (SSSR count). The molecule has 0 aromatic heterocycles. The Kier molecular flexibility index (Phi) is 3.44. The van der Waals surface area contributed by atoms with E-state index < -0.39 is 16.0 Å². The number of rotatable bonds is 0. The first-order valence-corrected chi connectivity index (χ1v) is 6.43. The van der Waals surface area contributed by atoms with E-state index in [1.165, 1.54) is 0 Å². The highest BCUT2D eigenvalue weighted by Crippen LogP contribution is 2.32. The minimum absolute atomic E-state index is 0. The van der Waals surface area contributed by atoms with Crippen LogP contribution in [0.3, 0.4) is 0 Å². The maximum atomic E-state index is 12.9. The Balaban J connectivity index is 0.000000980. The number of alkyl halides is 1. The summed E-state index contributed by atoms with van der Waals surface area (Å²) in [5.41, 5.74) is -0.204. The van der Waals surface area contributed by atoms with E-state index in [1.54, 1.807) is 0 Å². The predicted molar refractivity (Wildman–Crippen MR) is 55.4 cm³/mol. The van der Waals surface area contributed by atoms with Crippen molar-refractivity contribution in [3.8, 4) is 0 Å². The molecular weight excluding hydrogens is 229 g/mol. The standard InChI is InChI=1S/C8H14FNO2S.ClH/c9-7-5-8(10-6-7)1-3-13(11,12)4-2-8;/h7,10H,1-6H2;1H. The molecule has 0 radical (unpaired) electrons. The zero-order chi connectivity index (χ0) is 9.53. The fourth-order valence-corrected chi connectivity index (χ4v) is 3.81. The van der Waals surface area contributed by atoms with Gasteiger partial charge in [0.25, 0.3) is 0 Å². The molecule has 14 heavy (non-hydrogen) atoms. The first-order chi connectivity index (χ1) is 6.02. The summed E-state index contributed by atoms with van der Waals surface area (Å²) < 4.78 is 35.2. The van der Waals surface area contributed by atoms with Crippen LogP contribution < -0.4 is 5.32 Å². The minimum atomic E-state index is -2.83. The van der Waals surface area contributed by atoms with Gasteiger partial charge in [0.15, 0.2) is 0 Å². The maximum Gasteiger partial charge on any atom is 0.150 e. The van der Waals surface area contributed by atoms with Gasteiger partial charge in [-0.15, -0.1) is 12.4 Å². The summed E-state index contributed by atoms with van der Waals surface area (Å²) in [6, 6.07) is 0. The molecule has 84 valence electrons. The monoisotopic (exact) mass is 243 g/mol. The summed E-state index contributed by atoms with van der Waals surface area (Å²) in [7, 11) is -2.83. The van der Waals surface area contributed by atoms with E-state index in [0.29, 0.717) is 25.8 Å². The van der Waals surface area contributed by atoms with Crippen molar-refractivity contribution in [2.75, 3.05) is 18.1 Å². The zero-order valence-corrected chi connectivity index (χ0v) is 9.46. The predicted octanol–water partition coefficient (Wildman–Crippen LogP) is 0.687. The van der Waals surface area contributed by atoms with Gasteiger partial charge in [-0.3, -0.25) is 0 Å². The third-order valence-electron chi connectivity index (χ3n) is 3.09. The van der Waals surface area contributed by atoms with E-state index in [2.05, 4.69) is 5.32 Å². The maximum absolute atomic E-state index is 12.9. The van der Waals surface area contributed by atoms with Gasteiger partial charge in [-0.05, 0) is 19.3 Å². The molecule has 2 saturated heterocycles. The van der Waals surface area contributed by atoms with Crippen LogP contribution in [0.1, 0.15) is 19.3 Å². The number of hydrogen-bond acceptors (Lipinski definition) is 3. The molecule has 0 bridgehead atoms. The Hall–Kier alpha value is 0.130. The normalized spacial score (nSPS) is 33.9. The van der Waals surface area contributed by atoms with Crippen LogP contribution in [0.4, 0.5) is 4.39 Å².